The van der Waals surface area contributed by atoms with Crippen LogP contribution in [-0.4, -0.2) is 30.1 Å². The Balaban J connectivity index is 2.23. The Kier molecular flexibility index (Phi) is 5.23. The second kappa shape index (κ2) is 7.16. The lowest BCUT2D eigenvalue weighted by atomic mass is 10.0. The Morgan fingerprint density at radius 3 is 2.67 bits per heavy atom. The zero-order valence-electron chi connectivity index (χ0n) is 13.7. The molecule has 1 unspecified atom stereocenters. The van der Waals surface area contributed by atoms with E-state index in [0.29, 0.717) is 17.8 Å². The number of hydrogen-bond donors (Lipinski definition) is 2. The monoisotopic (exact) mass is 333 g/mol. The van der Waals surface area contributed by atoms with Crippen molar-refractivity contribution >= 4 is 22.8 Å². The lowest BCUT2D eigenvalue weighted by Gasteiger charge is -2.12. The molecule has 0 spiro atoms. The highest BCUT2D eigenvalue weighted by Crippen LogP contribution is 2.28. The largest absolute Gasteiger partial charge is 0.496 e. The molecular weight excluding hydrogens is 314 g/mol. The summed E-state index contributed by atoms with van der Waals surface area (Å²) in [4.78, 5) is 34.0. The van der Waals surface area contributed by atoms with E-state index in [1.54, 1.807) is 13.0 Å². The van der Waals surface area contributed by atoms with E-state index in [1.807, 2.05) is 6.07 Å². The second-order valence-electron chi connectivity index (χ2n) is 5.54. The van der Waals surface area contributed by atoms with Crippen molar-refractivity contribution in [3.63, 3.8) is 0 Å². The summed E-state index contributed by atoms with van der Waals surface area (Å²) >= 11 is 0. The fourth-order valence-corrected chi connectivity index (χ4v) is 2.40. The minimum Gasteiger partial charge on any atom is -0.496 e. The average Bonchev–Trinajstić information content (AvgIpc) is 2.51. The number of nitrogens with one attached hydrogen (secondary N) is 1. The van der Waals surface area contributed by atoms with Gasteiger partial charge in [0.15, 0.2) is 0 Å². The molecule has 0 saturated carbocycles. The van der Waals surface area contributed by atoms with Crippen molar-refractivity contribution in [3.05, 3.63) is 39.7 Å². The molecule has 7 nitrogen and oxygen atoms in total. The standard InChI is InChI=1S/C17H19NO6/c1-9-6-16(20)24-14-8-13(23-3)11(7-12(9)14)4-5-15(19)18-10(2)17(21)22/h6-8,10H,4-5H2,1-3H3,(H,18,19)(H,21,22). The van der Waals surface area contributed by atoms with Crippen LogP contribution in [0.5, 0.6) is 5.75 Å². The number of aliphatic carboxylic acids is 1. The molecule has 2 aromatic rings. The van der Waals surface area contributed by atoms with Crippen LogP contribution in [0.1, 0.15) is 24.5 Å². The Labute approximate surface area is 138 Å². The molecule has 0 radical (unpaired) electrons. The van der Waals surface area contributed by atoms with Gasteiger partial charge in [0.05, 0.1) is 7.11 Å². The summed E-state index contributed by atoms with van der Waals surface area (Å²) in [6, 6.07) is 3.91. The van der Waals surface area contributed by atoms with E-state index >= 15 is 0 Å². The molecule has 1 heterocycles. The smallest absolute Gasteiger partial charge is 0.336 e. The van der Waals surface area contributed by atoms with Crippen LogP contribution in [0.2, 0.25) is 0 Å². The van der Waals surface area contributed by atoms with Gasteiger partial charge in [0.25, 0.3) is 0 Å². The van der Waals surface area contributed by atoms with E-state index in [9.17, 15) is 14.4 Å². The molecule has 2 rings (SSSR count). The Morgan fingerprint density at radius 2 is 2.04 bits per heavy atom. The minimum absolute atomic E-state index is 0.120. The molecule has 7 heteroatoms. The van der Waals surface area contributed by atoms with Crippen molar-refractivity contribution in [3.8, 4) is 5.75 Å². The molecule has 0 aliphatic rings. The fraction of sp³-hybridized carbons (Fsp3) is 0.353. The zero-order chi connectivity index (χ0) is 17.9. The SMILES string of the molecule is COc1cc2oc(=O)cc(C)c2cc1CCC(=O)NC(C)C(=O)O. The van der Waals surface area contributed by atoms with Gasteiger partial charge in [0.1, 0.15) is 17.4 Å². The maximum Gasteiger partial charge on any atom is 0.336 e. The predicted molar refractivity (Wildman–Crippen MR) is 87.3 cm³/mol. The summed E-state index contributed by atoms with van der Waals surface area (Å²) in [5.74, 6) is -0.934. The molecular formula is C17H19NO6. The van der Waals surface area contributed by atoms with Crippen molar-refractivity contribution in [1.29, 1.82) is 0 Å². The van der Waals surface area contributed by atoms with Gasteiger partial charge in [-0.1, -0.05) is 0 Å². The van der Waals surface area contributed by atoms with Crippen molar-refractivity contribution in [2.75, 3.05) is 7.11 Å². The predicted octanol–water partition coefficient (Wildman–Crippen LogP) is 1.63. The topological polar surface area (TPSA) is 106 Å². The summed E-state index contributed by atoms with van der Waals surface area (Å²) in [6.45, 7) is 3.21. The van der Waals surface area contributed by atoms with E-state index in [0.717, 1.165) is 16.5 Å². The van der Waals surface area contributed by atoms with Gasteiger partial charge in [-0.05, 0) is 37.5 Å². The maximum atomic E-state index is 11.8. The molecule has 1 amide bonds. The molecule has 0 fully saturated rings. The number of rotatable bonds is 6. The van der Waals surface area contributed by atoms with E-state index in [2.05, 4.69) is 5.32 Å². The first-order chi connectivity index (χ1) is 11.3. The number of ether oxygens (including phenoxy) is 1. The normalized spacial score (nSPS) is 12.0. The van der Waals surface area contributed by atoms with Crippen LogP contribution in [0.15, 0.2) is 27.4 Å². The number of amides is 1. The Morgan fingerprint density at radius 1 is 1.33 bits per heavy atom. The highest BCUT2D eigenvalue weighted by Gasteiger charge is 2.15. The first kappa shape index (κ1) is 17.5. The van der Waals surface area contributed by atoms with E-state index in [4.69, 9.17) is 14.3 Å². The highest BCUT2D eigenvalue weighted by molar-refractivity contribution is 5.84. The van der Waals surface area contributed by atoms with Crippen LogP contribution in [0.4, 0.5) is 0 Å². The molecule has 1 aromatic heterocycles. The summed E-state index contributed by atoms with van der Waals surface area (Å²) in [7, 11) is 1.49. The van der Waals surface area contributed by atoms with Crippen molar-refractivity contribution in [2.24, 2.45) is 0 Å². The molecule has 128 valence electrons. The molecule has 2 N–H and O–H groups in total. The maximum absolute atomic E-state index is 11.8. The summed E-state index contributed by atoms with van der Waals surface area (Å²) < 4.78 is 10.5. The third kappa shape index (κ3) is 3.92. The number of fused-ring (bicyclic) bond motifs is 1. The van der Waals surface area contributed by atoms with Gasteiger partial charge in [-0.3, -0.25) is 9.59 Å². The number of carboxylic acids is 1. The quantitative estimate of drug-likeness (QED) is 0.778. The number of benzene rings is 1. The van der Waals surface area contributed by atoms with Crippen molar-refractivity contribution in [2.45, 2.75) is 32.7 Å². The first-order valence-corrected chi connectivity index (χ1v) is 7.45. The molecule has 1 atom stereocenters. The van der Waals surface area contributed by atoms with E-state index in [1.165, 1.54) is 20.1 Å². The Hall–Kier alpha value is -2.83. The third-order valence-corrected chi connectivity index (χ3v) is 3.72. The second-order valence-corrected chi connectivity index (χ2v) is 5.54. The summed E-state index contributed by atoms with van der Waals surface area (Å²) in [5, 5.41) is 12.0. The molecule has 24 heavy (non-hydrogen) atoms. The zero-order valence-corrected chi connectivity index (χ0v) is 13.7. The number of methoxy groups -OCH3 is 1. The molecule has 0 aliphatic carbocycles. The van der Waals surface area contributed by atoms with Crippen LogP contribution < -0.4 is 15.7 Å². The van der Waals surface area contributed by atoms with Gasteiger partial charge in [0.2, 0.25) is 5.91 Å². The van der Waals surface area contributed by atoms with Crippen LogP contribution >= 0.6 is 0 Å². The highest BCUT2D eigenvalue weighted by atomic mass is 16.5. The van der Waals surface area contributed by atoms with Gasteiger partial charge in [-0.15, -0.1) is 0 Å². The number of carbonyl (C=O) groups excluding carboxylic acids is 1. The number of hydrogen-bond acceptors (Lipinski definition) is 5. The molecule has 1 aromatic carbocycles. The summed E-state index contributed by atoms with van der Waals surface area (Å²) in [6.07, 6.45) is 0.491. The van der Waals surface area contributed by atoms with Gasteiger partial charge in [0, 0.05) is 23.9 Å². The molecule has 0 bridgehead atoms. The van der Waals surface area contributed by atoms with Crippen LogP contribution in [0.3, 0.4) is 0 Å². The molecule has 0 saturated heterocycles. The van der Waals surface area contributed by atoms with Gasteiger partial charge in [-0.2, -0.15) is 0 Å². The van der Waals surface area contributed by atoms with Gasteiger partial charge >= 0.3 is 11.6 Å². The lowest BCUT2D eigenvalue weighted by Crippen LogP contribution is -2.38. The van der Waals surface area contributed by atoms with Gasteiger partial charge < -0.3 is 19.6 Å². The van der Waals surface area contributed by atoms with E-state index in [-0.39, 0.29) is 12.3 Å². The van der Waals surface area contributed by atoms with Crippen molar-refractivity contribution in [1.82, 2.24) is 5.32 Å². The minimum atomic E-state index is -1.09. The average molecular weight is 333 g/mol. The third-order valence-electron chi connectivity index (χ3n) is 3.72. The van der Waals surface area contributed by atoms with Crippen LogP contribution in [0, 0.1) is 6.92 Å². The van der Waals surface area contributed by atoms with Crippen LogP contribution in [0.25, 0.3) is 11.0 Å². The Bertz CT molecular complexity index is 839. The van der Waals surface area contributed by atoms with E-state index < -0.39 is 17.6 Å². The lowest BCUT2D eigenvalue weighted by molar-refractivity contribution is -0.141. The number of carbonyl (C=O) groups is 2. The first-order valence-electron chi connectivity index (χ1n) is 7.45. The van der Waals surface area contributed by atoms with Gasteiger partial charge in [-0.25, -0.2) is 4.79 Å². The number of aryl methyl sites for hydroxylation is 2. The van der Waals surface area contributed by atoms with Crippen LogP contribution in [-0.2, 0) is 16.0 Å². The molecule has 0 aliphatic heterocycles. The summed E-state index contributed by atoms with van der Waals surface area (Å²) in [5.41, 5.74) is 1.54. The fourth-order valence-electron chi connectivity index (χ4n) is 2.40. The number of carboxylic acid groups (broad SMARTS) is 1. The van der Waals surface area contributed by atoms with Crippen molar-refractivity contribution < 1.29 is 23.8 Å².